The Morgan fingerprint density at radius 1 is 1.17 bits per heavy atom. The van der Waals surface area contributed by atoms with Gasteiger partial charge in [0.2, 0.25) is 5.95 Å². The molecular formula is C15H16N6O2. The molecule has 0 saturated heterocycles. The number of benzene rings is 1. The lowest BCUT2D eigenvalue weighted by Crippen LogP contribution is -2.04. The molecule has 0 aliphatic carbocycles. The number of nitrogens with one attached hydrogen (secondary N) is 2. The Kier molecular flexibility index (Phi) is 4.32. The third-order valence-electron chi connectivity index (χ3n) is 2.88. The summed E-state index contributed by atoms with van der Waals surface area (Å²) in [5.74, 6) is 2.85. The van der Waals surface area contributed by atoms with E-state index in [0.29, 0.717) is 30.0 Å². The van der Waals surface area contributed by atoms with Crippen LogP contribution in [0.3, 0.4) is 0 Å². The van der Waals surface area contributed by atoms with Crippen LogP contribution < -0.4 is 15.4 Å². The highest BCUT2D eigenvalue weighted by Gasteiger charge is 2.07. The van der Waals surface area contributed by atoms with Crippen molar-refractivity contribution >= 4 is 23.3 Å². The van der Waals surface area contributed by atoms with Gasteiger partial charge in [-0.25, -0.2) is 0 Å². The van der Waals surface area contributed by atoms with Crippen LogP contribution in [-0.2, 0) is 0 Å². The normalized spacial score (nSPS) is 10.3. The van der Waals surface area contributed by atoms with Crippen LogP contribution in [0, 0.1) is 6.92 Å². The molecule has 2 heterocycles. The molecule has 0 radical (unpaired) electrons. The van der Waals surface area contributed by atoms with Gasteiger partial charge in [-0.1, -0.05) is 17.3 Å². The summed E-state index contributed by atoms with van der Waals surface area (Å²) in [7, 11) is 0. The zero-order chi connectivity index (χ0) is 16.1. The van der Waals surface area contributed by atoms with E-state index in [1.165, 1.54) is 6.20 Å². The van der Waals surface area contributed by atoms with Gasteiger partial charge in [0, 0.05) is 6.07 Å². The van der Waals surface area contributed by atoms with Crippen molar-refractivity contribution in [2.24, 2.45) is 0 Å². The first-order valence-corrected chi connectivity index (χ1v) is 7.13. The van der Waals surface area contributed by atoms with E-state index in [1.54, 1.807) is 6.07 Å². The van der Waals surface area contributed by atoms with E-state index >= 15 is 0 Å². The summed E-state index contributed by atoms with van der Waals surface area (Å²) in [5.41, 5.74) is 0.769. The number of hydrogen-bond donors (Lipinski definition) is 2. The van der Waals surface area contributed by atoms with E-state index in [1.807, 2.05) is 38.1 Å². The van der Waals surface area contributed by atoms with Gasteiger partial charge in [0.05, 0.1) is 18.5 Å². The van der Waals surface area contributed by atoms with Crippen molar-refractivity contribution < 1.29 is 9.26 Å². The van der Waals surface area contributed by atoms with E-state index in [4.69, 9.17) is 9.26 Å². The van der Waals surface area contributed by atoms with Gasteiger partial charge >= 0.3 is 0 Å². The zero-order valence-electron chi connectivity index (χ0n) is 12.8. The number of ether oxygens (including phenoxy) is 1. The molecule has 0 bridgehead atoms. The van der Waals surface area contributed by atoms with Crippen LogP contribution in [0.2, 0.25) is 0 Å². The molecular weight excluding hydrogens is 296 g/mol. The highest BCUT2D eigenvalue weighted by Crippen LogP contribution is 2.26. The van der Waals surface area contributed by atoms with Crippen molar-refractivity contribution in [3.63, 3.8) is 0 Å². The molecule has 1 aromatic carbocycles. The summed E-state index contributed by atoms with van der Waals surface area (Å²) in [4.78, 5) is 4.34. The second-order valence-corrected chi connectivity index (χ2v) is 4.67. The van der Waals surface area contributed by atoms with Crippen LogP contribution in [0.15, 0.2) is 41.1 Å². The molecule has 8 nitrogen and oxygen atoms in total. The predicted octanol–water partition coefficient (Wildman–Crippen LogP) is 3.05. The molecule has 8 heteroatoms. The van der Waals surface area contributed by atoms with Gasteiger partial charge in [-0.3, -0.25) is 0 Å². The van der Waals surface area contributed by atoms with E-state index < -0.39 is 0 Å². The molecule has 0 unspecified atom stereocenters. The third kappa shape index (κ3) is 3.73. The first-order valence-electron chi connectivity index (χ1n) is 7.13. The largest absolute Gasteiger partial charge is 0.492 e. The molecule has 2 aromatic heterocycles. The quantitative estimate of drug-likeness (QED) is 0.716. The Hall–Kier alpha value is -3.16. The third-order valence-corrected chi connectivity index (χ3v) is 2.88. The molecule has 3 aromatic rings. The average molecular weight is 312 g/mol. The van der Waals surface area contributed by atoms with Gasteiger partial charge in [0.1, 0.15) is 11.5 Å². The molecule has 0 fully saturated rings. The summed E-state index contributed by atoms with van der Waals surface area (Å²) in [6, 6.07) is 9.33. The van der Waals surface area contributed by atoms with Gasteiger partial charge < -0.3 is 19.9 Å². The standard InChI is InChI=1S/C15H16N6O2/c1-3-22-12-7-5-4-6-11(12)17-15-19-14(9-16-20-15)18-13-8-10(2)23-21-13/h4-9H,3H2,1-2H3,(H2,17,18,19,20,21). The van der Waals surface area contributed by atoms with Gasteiger partial charge in [-0.2, -0.15) is 10.1 Å². The number of nitrogens with zero attached hydrogens (tertiary/aromatic N) is 4. The highest BCUT2D eigenvalue weighted by molar-refractivity contribution is 5.63. The van der Waals surface area contributed by atoms with Crippen molar-refractivity contribution in [2.75, 3.05) is 17.2 Å². The van der Waals surface area contributed by atoms with Crippen LogP contribution in [0.25, 0.3) is 0 Å². The Morgan fingerprint density at radius 3 is 2.83 bits per heavy atom. The Morgan fingerprint density at radius 2 is 2.04 bits per heavy atom. The van der Waals surface area contributed by atoms with E-state index in [-0.39, 0.29) is 0 Å². The van der Waals surface area contributed by atoms with E-state index in [0.717, 1.165) is 11.4 Å². The van der Waals surface area contributed by atoms with E-state index in [9.17, 15) is 0 Å². The van der Waals surface area contributed by atoms with Gasteiger partial charge in [0.15, 0.2) is 11.6 Å². The summed E-state index contributed by atoms with van der Waals surface area (Å²) < 4.78 is 10.6. The lowest BCUT2D eigenvalue weighted by atomic mass is 10.3. The summed E-state index contributed by atoms with van der Waals surface area (Å²) in [6.07, 6.45) is 1.50. The minimum absolute atomic E-state index is 0.349. The molecule has 23 heavy (non-hydrogen) atoms. The molecule has 3 rings (SSSR count). The number of para-hydroxylation sites is 2. The summed E-state index contributed by atoms with van der Waals surface area (Å²) in [6.45, 7) is 4.32. The van der Waals surface area contributed by atoms with Crippen LogP contribution in [0.1, 0.15) is 12.7 Å². The van der Waals surface area contributed by atoms with Crippen LogP contribution in [0.4, 0.5) is 23.3 Å². The van der Waals surface area contributed by atoms with Gasteiger partial charge in [-0.05, 0) is 26.0 Å². The summed E-state index contributed by atoms with van der Waals surface area (Å²) >= 11 is 0. The topological polar surface area (TPSA) is 98.0 Å². The molecule has 0 aliphatic rings. The highest BCUT2D eigenvalue weighted by atomic mass is 16.5. The Balaban J connectivity index is 1.77. The summed E-state index contributed by atoms with van der Waals surface area (Å²) in [5, 5.41) is 17.8. The van der Waals surface area contributed by atoms with Crippen LogP contribution in [0.5, 0.6) is 5.75 Å². The predicted molar refractivity (Wildman–Crippen MR) is 85.2 cm³/mol. The molecule has 0 aliphatic heterocycles. The first-order chi connectivity index (χ1) is 11.2. The lowest BCUT2D eigenvalue weighted by molar-refractivity contribution is 0.342. The molecule has 0 saturated carbocycles. The maximum Gasteiger partial charge on any atom is 0.249 e. The maximum atomic E-state index is 5.56. The second-order valence-electron chi connectivity index (χ2n) is 4.67. The molecule has 0 spiro atoms. The zero-order valence-corrected chi connectivity index (χ0v) is 12.8. The van der Waals surface area contributed by atoms with Crippen LogP contribution in [-0.4, -0.2) is 26.9 Å². The van der Waals surface area contributed by atoms with Gasteiger partial charge in [0.25, 0.3) is 0 Å². The lowest BCUT2D eigenvalue weighted by Gasteiger charge is -2.11. The number of anilines is 4. The minimum Gasteiger partial charge on any atom is -0.492 e. The Labute approximate surface area is 132 Å². The number of aryl methyl sites for hydroxylation is 1. The van der Waals surface area contributed by atoms with Crippen molar-refractivity contribution in [1.29, 1.82) is 0 Å². The Bertz CT molecular complexity index is 789. The molecule has 0 atom stereocenters. The van der Waals surface area contributed by atoms with Crippen LogP contribution >= 0.6 is 0 Å². The van der Waals surface area contributed by atoms with E-state index in [2.05, 4.69) is 31.0 Å². The fourth-order valence-electron chi connectivity index (χ4n) is 1.94. The molecule has 118 valence electrons. The smallest absolute Gasteiger partial charge is 0.249 e. The molecule has 2 N–H and O–H groups in total. The monoisotopic (exact) mass is 312 g/mol. The van der Waals surface area contributed by atoms with Crippen molar-refractivity contribution in [3.8, 4) is 5.75 Å². The van der Waals surface area contributed by atoms with Gasteiger partial charge in [-0.15, -0.1) is 5.10 Å². The fraction of sp³-hybridized carbons (Fsp3) is 0.200. The number of rotatable bonds is 6. The molecule has 0 amide bonds. The maximum absolute atomic E-state index is 5.56. The number of hydrogen-bond acceptors (Lipinski definition) is 8. The average Bonchev–Trinajstić information content (AvgIpc) is 2.95. The van der Waals surface area contributed by atoms with Crippen molar-refractivity contribution in [1.82, 2.24) is 20.3 Å². The second kappa shape index (κ2) is 6.73. The van der Waals surface area contributed by atoms with Crippen molar-refractivity contribution in [3.05, 3.63) is 42.3 Å². The van der Waals surface area contributed by atoms with Crippen molar-refractivity contribution in [2.45, 2.75) is 13.8 Å². The first kappa shape index (κ1) is 14.8. The minimum atomic E-state index is 0.349. The number of aromatic nitrogens is 4. The fourth-order valence-corrected chi connectivity index (χ4v) is 1.94. The SMILES string of the molecule is CCOc1ccccc1Nc1nncc(Nc2cc(C)on2)n1.